The van der Waals surface area contributed by atoms with Gasteiger partial charge in [0, 0.05) is 29.3 Å². The van der Waals surface area contributed by atoms with Gasteiger partial charge < -0.3 is 4.55 Å². The quantitative estimate of drug-likeness (QED) is 0.247. The molecule has 1 heterocycles. The van der Waals surface area contributed by atoms with Gasteiger partial charge in [-0.1, -0.05) is 24.1 Å². The van der Waals surface area contributed by atoms with E-state index in [0.717, 1.165) is 30.1 Å². The Hall–Kier alpha value is -1.82. The Kier molecular flexibility index (Phi) is 8.34. The van der Waals surface area contributed by atoms with E-state index in [1.807, 2.05) is 30.3 Å². The molecule has 0 spiro atoms. The van der Waals surface area contributed by atoms with Gasteiger partial charge in [0.2, 0.25) is 5.71 Å². The first-order valence-corrected chi connectivity index (χ1v) is 9.34. The van der Waals surface area contributed by atoms with Crippen molar-refractivity contribution in [2.75, 3.05) is 13.1 Å². The third-order valence-corrected chi connectivity index (χ3v) is 4.12. The van der Waals surface area contributed by atoms with E-state index in [9.17, 15) is 13.2 Å². The van der Waals surface area contributed by atoms with Gasteiger partial charge in [-0.15, -0.1) is 0 Å². The molecular formula is C17H17ClF3NO3S. The lowest BCUT2D eigenvalue weighted by atomic mass is 10.1. The maximum absolute atomic E-state index is 10.7. The van der Waals surface area contributed by atoms with Crippen molar-refractivity contribution in [3.05, 3.63) is 47.5 Å². The highest BCUT2D eigenvalue weighted by atomic mass is 35.5. The molecule has 1 aliphatic heterocycles. The van der Waals surface area contributed by atoms with E-state index in [0.29, 0.717) is 0 Å². The summed E-state index contributed by atoms with van der Waals surface area (Å²) in [5, 5.41) is 0.749. The zero-order valence-corrected chi connectivity index (χ0v) is 15.3. The van der Waals surface area contributed by atoms with Gasteiger partial charge in [-0.25, -0.2) is 13.0 Å². The molecule has 26 heavy (non-hydrogen) atoms. The molecule has 0 bridgehead atoms. The molecular weight excluding hydrogens is 391 g/mol. The van der Waals surface area contributed by atoms with Crippen LogP contribution in [0.5, 0.6) is 0 Å². The summed E-state index contributed by atoms with van der Waals surface area (Å²) < 4.78 is 61.2. The van der Waals surface area contributed by atoms with E-state index in [-0.39, 0.29) is 0 Å². The van der Waals surface area contributed by atoms with Gasteiger partial charge in [0.1, 0.15) is 6.54 Å². The number of halogens is 4. The highest BCUT2D eigenvalue weighted by Gasteiger charge is 2.36. The lowest BCUT2D eigenvalue weighted by Crippen LogP contribution is -2.25. The molecule has 0 unspecified atom stereocenters. The smallest absolute Gasteiger partial charge is 0.485 e. The lowest BCUT2D eigenvalue weighted by Gasteiger charge is -2.09. The number of benzene rings is 1. The van der Waals surface area contributed by atoms with Gasteiger partial charge in [0.25, 0.3) is 0 Å². The van der Waals surface area contributed by atoms with Crippen LogP contribution in [-0.2, 0) is 10.1 Å². The molecule has 1 aliphatic rings. The molecule has 0 N–H and O–H groups in total. The second-order valence-corrected chi connectivity index (χ2v) is 7.10. The third-order valence-electron chi connectivity index (χ3n) is 3.30. The molecule has 2 rings (SSSR count). The summed E-state index contributed by atoms with van der Waals surface area (Å²) in [6.07, 6.45) is 5.50. The average Bonchev–Trinajstić information content (AvgIpc) is 2.54. The number of hydrogen-bond donors (Lipinski definition) is 0. The van der Waals surface area contributed by atoms with E-state index in [2.05, 4.69) is 23.0 Å². The van der Waals surface area contributed by atoms with E-state index >= 15 is 0 Å². The van der Waals surface area contributed by atoms with Crippen LogP contribution in [0.2, 0.25) is 5.02 Å². The summed E-state index contributed by atoms with van der Waals surface area (Å²) in [5.41, 5.74) is -3.40. The Labute approximate surface area is 155 Å². The highest BCUT2D eigenvalue weighted by Crippen LogP contribution is 2.20. The predicted octanol–water partition coefficient (Wildman–Crippen LogP) is 3.57. The number of alkyl halides is 3. The highest BCUT2D eigenvalue weighted by molar-refractivity contribution is 7.86. The third kappa shape index (κ3) is 7.60. The first kappa shape index (κ1) is 22.2. The van der Waals surface area contributed by atoms with Crippen molar-refractivity contribution < 1.29 is 30.7 Å². The molecule has 0 aliphatic carbocycles. The Bertz CT molecular complexity index is 820. The van der Waals surface area contributed by atoms with Gasteiger partial charge in [0.05, 0.1) is 0 Å². The normalized spacial score (nSPS) is 14.7. The van der Waals surface area contributed by atoms with E-state index in [4.69, 9.17) is 24.6 Å². The summed E-state index contributed by atoms with van der Waals surface area (Å²) in [6, 6.07) is 7.66. The summed E-state index contributed by atoms with van der Waals surface area (Å²) >= 11 is 5.85. The number of rotatable bonds is 2. The molecule has 0 aromatic heterocycles. The molecule has 0 radical (unpaired) electrons. The van der Waals surface area contributed by atoms with E-state index < -0.39 is 15.6 Å². The van der Waals surface area contributed by atoms with E-state index in [1.165, 1.54) is 18.6 Å². The Morgan fingerprint density at radius 3 is 2.31 bits per heavy atom. The lowest BCUT2D eigenvalue weighted by molar-refractivity contribution is -0.521. The van der Waals surface area contributed by atoms with Crippen molar-refractivity contribution in [2.45, 2.75) is 24.8 Å². The number of hydrogen-bond acceptors (Lipinski definition) is 3. The van der Waals surface area contributed by atoms with Crippen molar-refractivity contribution in [1.82, 2.24) is 0 Å². The average molecular weight is 408 g/mol. The topological polar surface area (TPSA) is 60.2 Å². The minimum atomic E-state index is -6.09. The fraction of sp³-hybridized carbons (Fsp3) is 0.353. The Balaban J connectivity index is 0.000000359. The zero-order chi connectivity index (χ0) is 19.8. The Morgan fingerprint density at radius 2 is 1.81 bits per heavy atom. The molecule has 1 aromatic carbocycles. The van der Waals surface area contributed by atoms with Crippen LogP contribution in [0.15, 0.2) is 36.9 Å². The fourth-order valence-corrected chi connectivity index (χ4v) is 2.19. The molecule has 0 fully saturated rings. The van der Waals surface area contributed by atoms with Gasteiger partial charge in [-0.3, -0.25) is 0 Å². The van der Waals surface area contributed by atoms with Gasteiger partial charge >= 0.3 is 5.51 Å². The molecule has 0 saturated carbocycles. The van der Waals surface area contributed by atoms with E-state index in [1.54, 1.807) is 0 Å². The minimum absolute atomic E-state index is 0.749. The fourth-order valence-electron chi connectivity index (χ4n) is 2.06. The Morgan fingerprint density at radius 1 is 1.23 bits per heavy atom. The maximum Gasteiger partial charge on any atom is 0.485 e. The van der Waals surface area contributed by atoms with Crippen molar-refractivity contribution in [1.29, 1.82) is 0 Å². The van der Waals surface area contributed by atoms with Gasteiger partial charge in [-0.05, 0) is 36.8 Å². The molecule has 0 saturated heterocycles. The summed E-state index contributed by atoms with van der Waals surface area (Å²) in [7, 11) is -6.09. The van der Waals surface area contributed by atoms with Crippen LogP contribution in [0.4, 0.5) is 13.2 Å². The summed E-state index contributed by atoms with van der Waals surface area (Å²) in [5.74, 6) is 6.50. The summed E-state index contributed by atoms with van der Waals surface area (Å²) in [6.45, 7) is 5.79. The van der Waals surface area contributed by atoms with Gasteiger partial charge in [-0.2, -0.15) is 13.2 Å². The molecule has 1 aromatic rings. The van der Waals surface area contributed by atoms with Crippen molar-refractivity contribution in [2.24, 2.45) is 0 Å². The minimum Gasteiger partial charge on any atom is -0.741 e. The maximum atomic E-state index is 10.7. The second-order valence-electron chi connectivity index (χ2n) is 5.30. The van der Waals surface area contributed by atoms with Crippen LogP contribution in [-0.4, -0.2) is 41.9 Å². The van der Waals surface area contributed by atoms with Crippen molar-refractivity contribution in [3.63, 3.8) is 0 Å². The molecule has 9 heteroatoms. The van der Waals surface area contributed by atoms with Crippen LogP contribution in [0.1, 0.15) is 24.8 Å². The zero-order valence-electron chi connectivity index (χ0n) is 13.7. The van der Waals surface area contributed by atoms with Crippen molar-refractivity contribution >= 4 is 27.4 Å². The van der Waals surface area contributed by atoms with Crippen LogP contribution < -0.4 is 0 Å². The van der Waals surface area contributed by atoms with Crippen LogP contribution in [0, 0.1) is 11.8 Å². The second kappa shape index (κ2) is 9.76. The first-order valence-electron chi connectivity index (χ1n) is 7.56. The molecule has 0 atom stereocenters. The first-order chi connectivity index (χ1) is 12.0. The number of nitrogens with zero attached hydrogens (tertiary/aromatic N) is 1. The SMILES string of the molecule is C=CC[N+]1=C(C#Cc2ccc(Cl)cc2)CCCC1.O=S(=O)([O-])C(F)(F)F. The molecule has 0 amide bonds. The van der Waals surface area contributed by atoms with Crippen LogP contribution in [0.25, 0.3) is 0 Å². The van der Waals surface area contributed by atoms with Crippen molar-refractivity contribution in [3.8, 4) is 11.8 Å². The molecule has 4 nitrogen and oxygen atoms in total. The predicted molar refractivity (Wildman–Crippen MR) is 93.1 cm³/mol. The standard InChI is InChI=1S/C16H17ClN.CHF3O3S/c1-2-12-18-13-4-3-5-16(18)11-8-14-6-9-15(17)10-7-14;2-1(3,4)8(5,6)7/h2,6-7,9-10H,1,3-5,12-13H2;(H,5,6,7)/q+1;/p-1. The monoisotopic (exact) mass is 407 g/mol. The molecule has 142 valence electrons. The largest absolute Gasteiger partial charge is 0.741 e. The van der Waals surface area contributed by atoms with Crippen LogP contribution in [0.3, 0.4) is 0 Å². The van der Waals surface area contributed by atoms with Crippen LogP contribution >= 0.6 is 11.6 Å². The summed E-state index contributed by atoms with van der Waals surface area (Å²) in [4.78, 5) is 0. The van der Waals surface area contributed by atoms with Gasteiger partial charge in [0.15, 0.2) is 16.7 Å².